The van der Waals surface area contributed by atoms with Gasteiger partial charge in [0.1, 0.15) is 0 Å². The van der Waals surface area contributed by atoms with Crippen molar-refractivity contribution in [2.45, 2.75) is 50.7 Å². The van der Waals surface area contributed by atoms with Gasteiger partial charge in [-0.1, -0.05) is 19.8 Å². The fourth-order valence-electron chi connectivity index (χ4n) is 3.24. The predicted molar refractivity (Wildman–Crippen MR) is 59.9 cm³/mol. The summed E-state index contributed by atoms with van der Waals surface area (Å²) in [6.45, 7) is 5.75. The van der Waals surface area contributed by atoms with Crippen LogP contribution in [0.1, 0.15) is 39.0 Å². The molecule has 0 amide bonds. The molecule has 1 aliphatic carbocycles. The summed E-state index contributed by atoms with van der Waals surface area (Å²) in [5.41, 5.74) is 0.0819. The van der Waals surface area contributed by atoms with E-state index in [0.29, 0.717) is 0 Å². The zero-order valence-electron chi connectivity index (χ0n) is 9.74. The fraction of sp³-hybridized carbons (Fsp3) is 1.00. The van der Waals surface area contributed by atoms with Gasteiger partial charge in [0.25, 0.3) is 0 Å². The summed E-state index contributed by atoms with van der Waals surface area (Å²) < 4.78 is 5.39. The highest BCUT2D eigenvalue weighted by molar-refractivity contribution is 5.00. The van der Waals surface area contributed by atoms with Gasteiger partial charge in [-0.2, -0.15) is 0 Å². The van der Waals surface area contributed by atoms with Gasteiger partial charge in [0.05, 0.1) is 19.3 Å². The Hall–Kier alpha value is -0.120. The molecule has 0 aromatic carbocycles. The summed E-state index contributed by atoms with van der Waals surface area (Å²) in [5.74, 6) is 0. The van der Waals surface area contributed by atoms with Crippen molar-refractivity contribution < 1.29 is 9.84 Å². The first-order chi connectivity index (χ1) is 7.29. The van der Waals surface area contributed by atoms with Gasteiger partial charge >= 0.3 is 0 Å². The zero-order valence-corrected chi connectivity index (χ0v) is 9.74. The lowest BCUT2D eigenvalue weighted by atomic mass is 9.86. The summed E-state index contributed by atoms with van der Waals surface area (Å²) in [5, 5.41) is 10.3. The summed E-state index contributed by atoms with van der Waals surface area (Å²) in [4.78, 5) is 2.48. The maximum absolute atomic E-state index is 10.3. The number of ether oxygens (including phenoxy) is 1. The highest BCUT2D eigenvalue weighted by Crippen LogP contribution is 2.39. The molecule has 3 heteroatoms. The van der Waals surface area contributed by atoms with Gasteiger partial charge < -0.3 is 9.84 Å². The molecular weight excluding hydrogens is 190 g/mol. The molecular formula is C12H23NO2. The van der Waals surface area contributed by atoms with Crippen LogP contribution in [0.25, 0.3) is 0 Å². The van der Waals surface area contributed by atoms with E-state index in [9.17, 15) is 5.11 Å². The average molecular weight is 213 g/mol. The molecule has 3 nitrogen and oxygen atoms in total. The summed E-state index contributed by atoms with van der Waals surface area (Å²) in [6, 6.07) is 0. The molecule has 1 unspecified atom stereocenters. The molecule has 0 spiro atoms. The molecule has 2 fully saturated rings. The molecule has 0 aromatic heterocycles. The highest BCUT2D eigenvalue weighted by Gasteiger charge is 2.44. The Kier molecular flexibility index (Phi) is 3.65. The Morgan fingerprint density at radius 1 is 1.27 bits per heavy atom. The minimum atomic E-state index is -0.155. The number of morpholine rings is 1. The fourth-order valence-corrected chi connectivity index (χ4v) is 3.24. The normalized spacial score (nSPS) is 29.2. The Bertz CT molecular complexity index is 196. The number of hydrogen-bond acceptors (Lipinski definition) is 3. The van der Waals surface area contributed by atoms with Crippen LogP contribution in [-0.4, -0.2) is 48.0 Å². The molecule has 2 rings (SSSR count). The van der Waals surface area contributed by atoms with Gasteiger partial charge in [-0.15, -0.1) is 0 Å². The molecule has 1 atom stereocenters. The van der Waals surface area contributed by atoms with Crippen LogP contribution in [0.3, 0.4) is 0 Å². The van der Waals surface area contributed by atoms with Crippen molar-refractivity contribution in [1.82, 2.24) is 4.90 Å². The first-order valence-corrected chi connectivity index (χ1v) is 6.30. The van der Waals surface area contributed by atoms with E-state index in [2.05, 4.69) is 11.8 Å². The minimum absolute atomic E-state index is 0.0819. The molecule has 1 N–H and O–H groups in total. The molecule has 15 heavy (non-hydrogen) atoms. The van der Waals surface area contributed by atoms with Crippen molar-refractivity contribution >= 4 is 0 Å². The van der Waals surface area contributed by atoms with Gasteiger partial charge in [-0.3, -0.25) is 4.90 Å². The smallest absolute Gasteiger partial charge is 0.0721 e. The van der Waals surface area contributed by atoms with E-state index in [4.69, 9.17) is 4.74 Å². The number of aliphatic hydroxyl groups excluding tert-OH is 1. The maximum Gasteiger partial charge on any atom is 0.0721 e. The third-order valence-electron chi connectivity index (χ3n) is 4.12. The van der Waals surface area contributed by atoms with E-state index >= 15 is 0 Å². The van der Waals surface area contributed by atoms with Gasteiger partial charge in [-0.05, 0) is 19.3 Å². The molecule has 1 heterocycles. The van der Waals surface area contributed by atoms with E-state index < -0.39 is 0 Å². The Morgan fingerprint density at radius 2 is 1.87 bits per heavy atom. The molecule has 2 aliphatic rings. The van der Waals surface area contributed by atoms with Crippen molar-refractivity contribution in [2.75, 3.05) is 26.3 Å². The lowest BCUT2D eigenvalue weighted by Gasteiger charge is -2.46. The number of hydrogen-bond donors (Lipinski definition) is 1. The van der Waals surface area contributed by atoms with E-state index in [-0.39, 0.29) is 11.6 Å². The van der Waals surface area contributed by atoms with E-state index in [1.807, 2.05) is 0 Å². The molecule has 88 valence electrons. The van der Waals surface area contributed by atoms with Crippen molar-refractivity contribution in [1.29, 1.82) is 0 Å². The maximum atomic E-state index is 10.3. The van der Waals surface area contributed by atoms with Crippen LogP contribution in [0.5, 0.6) is 0 Å². The Balaban J connectivity index is 2.09. The van der Waals surface area contributed by atoms with Crippen LogP contribution in [0.4, 0.5) is 0 Å². The monoisotopic (exact) mass is 213 g/mol. The number of nitrogens with zero attached hydrogens (tertiary/aromatic N) is 1. The lowest BCUT2D eigenvalue weighted by Crippen LogP contribution is -2.58. The topological polar surface area (TPSA) is 32.7 Å². The minimum Gasteiger partial charge on any atom is -0.391 e. The second kappa shape index (κ2) is 4.81. The number of aliphatic hydroxyl groups is 1. The van der Waals surface area contributed by atoms with Crippen LogP contribution in [0.15, 0.2) is 0 Å². The van der Waals surface area contributed by atoms with Crippen LogP contribution in [-0.2, 0) is 4.74 Å². The predicted octanol–water partition coefficient (Wildman–Crippen LogP) is 1.40. The molecule has 1 saturated heterocycles. The standard InChI is InChI=1S/C12H23NO2/c1-2-11(14)12(5-3-4-6-12)13-7-9-15-10-8-13/h11,14H,2-10H2,1H3. The van der Waals surface area contributed by atoms with Crippen molar-refractivity contribution in [3.05, 3.63) is 0 Å². The Morgan fingerprint density at radius 3 is 2.40 bits per heavy atom. The molecule has 0 aromatic rings. The van der Waals surface area contributed by atoms with E-state index in [0.717, 1.165) is 32.7 Å². The summed E-state index contributed by atoms with van der Waals surface area (Å²) in [7, 11) is 0. The quantitative estimate of drug-likeness (QED) is 0.769. The highest BCUT2D eigenvalue weighted by atomic mass is 16.5. The van der Waals surface area contributed by atoms with Gasteiger partial charge in [-0.25, -0.2) is 0 Å². The largest absolute Gasteiger partial charge is 0.391 e. The number of rotatable bonds is 3. The third-order valence-corrected chi connectivity index (χ3v) is 4.12. The first kappa shape index (κ1) is 11.4. The van der Waals surface area contributed by atoms with Crippen LogP contribution in [0, 0.1) is 0 Å². The molecule has 1 saturated carbocycles. The Labute approximate surface area is 92.4 Å². The second-order valence-electron chi connectivity index (χ2n) is 4.83. The van der Waals surface area contributed by atoms with Crippen molar-refractivity contribution in [3.63, 3.8) is 0 Å². The average Bonchev–Trinajstić information content (AvgIpc) is 2.79. The van der Waals surface area contributed by atoms with Crippen LogP contribution >= 0.6 is 0 Å². The van der Waals surface area contributed by atoms with Crippen molar-refractivity contribution in [2.24, 2.45) is 0 Å². The van der Waals surface area contributed by atoms with Crippen LogP contribution < -0.4 is 0 Å². The third kappa shape index (κ3) is 2.05. The molecule has 1 aliphatic heterocycles. The first-order valence-electron chi connectivity index (χ1n) is 6.30. The lowest BCUT2D eigenvalue weighted by molar-refractivity contribution is -0.0765. The van der Waals surface area contributed by atoms with Crippen LogP contribution in [0.2, 0.25) is 0 Å². The summed E-state index contributed by atoms with van der Waals surface area (Å²) >= 11 is 0. The van der Waals surface area contributed by atoms with E-state index in [1.54, 1.807) is 0 Å². The molecule has 0 radical (unpaired) electrons. The summed E-state index contributed by atoms with van der Waals surface area (Å²) in [6.07, 6.45) is 5.60. The van der Waals surface area contributed by atoms with Gasteiger partial charge in [0.2, 0.25) is 0 Å². The van der Waals surface area contributed by atoms with E-state index in [1.165, 1.54) is 25.7 Å². The molecule has 0 bridgehead atoms. The zero-order chi connectivity index (χ0) is 10.7. The second-order valence-corrected chi connectivity index (χ2v) is 4.83. The van der Waals surface area contributed by atoms with Crippen molar-refractivity contribution in [3.8, 4) is 0 Å². The van der Waals surface area contributed by atoms with Gasteiger partial charge in [0.15, 0.2) is 0 Å². The van der Waals surface area contributed by atoms with Gasteiger partial charge in [0, 0.05) is 18.6 Å². The SMILES string of the molecule is CCC(O)C1(N2CCOCC2)CCCC1.